The van der Waals surface area contributed by atoms with Crippen molar-refractivity contribution in [1.29, 1.82) is 0 Å². The van der Waals surface area contributed by atoms with Crippen molar-refractivity contribution >= 4 is 27.5 Å². The molecule has 0 saturated heterocycles. The summed E-state index contributed by atoms with van der Waals surface area (Å²) in [6.07, 6.45) is 0. The number of rotatable bonds is 5. The minimum atomic E-state index is 0.529. The highest BCUT2D eigenvalue weighted by atomic mass is 79.9. The average Bonchev–Trinajstić information content (AvgIpc) is 2.44. The zero-order valence-corrected chi connectivity index (χ0v) is 14.8. The molecule has 1 N–H and O–H groups in total. The molecule has 0 radical (unpaired) electrons. The molecule has 2 aromatic rings. The van der Waals surface area contributed by atoms with Gasteiger partial charge in [-0.1, -0.05) is 39.7 Å². The number of halogens is 2. The van der Waals surface area contributed by atoms with Crippen LogP contribution in [-0.2, 0) is 13.2 Å². The van der Waals surface area contributed by atoms with Gasteiger partial charge < -0.3 is 10.1 Å². The van der Waals surface area contributed by atoms with E-state index in [2.05, 4.69) is 39.4 Å². The van der Waals surface area contributed by atoms with Crippen LogP contribution in [0.25, 0.3) is 0 Å². The summed E-state index contributed by atoms with van der Waals surface area (Å²) in [6, 6.07) is 10.3. The molecule has 0 saturated carbocycles. The smallest absolute Gasteiger partial charge is 0.120 e. The van der Waals surface area contributed by atoms with Gasteiger partial charge in [0.2, 0.25) is 0 Å². The molecule has 2 aromatic carbocycles. The minimum absolute atomic E-state index is 0.529. The third-order valence-electron chi connectivity index (χ3n) is 3.30. The van der Waals surface area contributed by atoms with E-state index >= 15 is 0 Å². The number of ether oxygens (including phenoxy) is 1. The lowest BCUT2D eigenvalue weighted by molar-refractivity contribution is 0.305. The van der Waals surface area contributed by atoms with Crippen LogP contribution < -0.4 is 10.1 Å². The van der Waals surface area contributed by atoms with E-state index in [-0.39, 0.29) is 0 Å². The first-order chi connectivity index (χ1) is 10.0. The summed E-state index contributed by atoms with van der Waals surface area (Å²) < 4.78 is 6.95. The van der Waals surface area contributed by atoms with Gasteiger partial charge in [0.05, 0.1) is 0 Å². The van der Waals surface area contributed by atoms with E-state index in [4.69, 9.17) is 16.3 Å². The van der Waals surface area contributed by atoms with Crippen LogP contribution in [0, 0.1) is 13.8 Å². The maximum absolute atomic E-state index is 6.17. The van der Waals surface area contributed by atoms with Gasteiger partial charge in [-0.3, -0.25) is 0 Å². The molecule has 0 fully saturated rings. The second-order valence-electron chi connectivity index (χ2n) is 5.12. The highest BCUT2D eigenvalue weighted by Crippen LogP contribution is 2.27. The summed E-state index contributed by atoms with van der Waals surface area (Å²) >= 11 is 9.77. The van der Waals surface area contributed by atoms with Gasteiger partial charge in [-0.25, -0.2) is 0 Å². The lowest BCUT2D eigenvalue weighted by Crippen LogP contribution is -2.05. The molecule has 0 heterocycles. The fourth-order valence-corrected chi connectivity index (χ4v) is 2.82. The molecule has 2 nitrogen and oxygen atoms in total. The number of aryl methyl sites for hydroxylation is 2. The van der Waals surface area contributed by atoms with E-state index in [1.807, 2.05) is 33.0 Å². The zero-order valence-electron chi connectivity index (χ0n) is 12.5. The SMILES string of the molecule is CNCc1ccc(COc2cc(C)c(Cl)c(C)c2)c(Br)c1. The number of hydrogen-bond acceptors (Lipinski definition) is 2. The van der Waals surface area contributed by atoms with Gasteiger partial charge in [-0.15, -0.1) is 0 Å². The molecule has 0 atom stereocenters. The third kappa shape index (κ3) is 4.22. The molecule has 0 bridgehead atoms. The molecule has 4 heteroatoms. The average molecular weight is 369 g/mol. The van der Waals surface area contributed by atoms with Crippen LogP contribution in [0.3, 0.4) is 0 Å². The normalized spacial score (nSPS) is 10.7. The maximum atomic E-state index is 6.17. The number of hydrogen-bond donors (Lipinski definition) is 1. The summed E-state index contributed by atoms with van der Waals surface area (Å²) in [4.78, 5) is 0. The molecule has 0 spiro atoms. The Balaban J connectivity index is 2.09. The monoisotopic (exact) mass is 367 g/mol. The van der Waals surface area contributed by atoms with Crippen molar-refractivity contribution in [2.45, 2.75) is 27.0 Å². The molecular weight excluding hydrogens is 350 g/mol. The van der Waals surface area contributed by atoms with Gasteiger partial charge in [-0.05, 0) is 55.8 Å². The molecule has 0 aliphatic carbocycles. The summed E-state index contributed by atoms with van der Waals surface area (Å²) in [6.45, 7) is 5.37. The van der Waals surface area contributed by atoms with E-state index in [1.165, 1.54) is 5.56 Å². The Morgan fingerprint density at radius 1 is 1.14 bits per heavy atom. The highest BCUT2D eigenvalue weighted by Gasteiger charge is 2.06. The van der Waals surface area contributed by atoms with Crippen molar-refractivity contribution in [3.63, 3.8) is 0 Å². The third-order valence-corrected chi connectivity index (χ3v) is 4.64. The van der Waals surface area contributed by atoms with Crippen LogP contribution in [0.2, 0.25) is 5.02 Å². The Labute approximate surface area is 139 Å². The van der Waals surface area contributed by atoms with Gasteiger partial charge >= 0.3 is 0 Å². The minimum Gasteiger partial charge on any atom is -0.489 e. The molecule has 0 aromatic heterocycles. The Kier molecular flexibility index (Phi) is 5.68. The topological polar surface area (TPSA) is 21.3 Å². The number of benzene rings is 2. The standard InChI is InChI=1S/C17H19BrClNO/c1-11-6-15(7-12(2)17(11)19)21-10-14-5-4-13(9-20-3)8-16(14)18/h4-8,20H,9-10H2,1-3H3. The first kappa shape index (κ1) is 16.3. The van der Waals surface area contributed by atoms with Crippen LogP contribution in [0.15, 0.2) is 34.8 Å². The molecule has 0 aliphatic heterocycles. The Bertz CT molecular complexity index is 620. The second-order valence-corrected chi connectivity index (χ2v) is 6.35. The van der Waals surface area contributed by atoms with Crippen molar-refractivity contribution in [2.75, 3.05) is 7.05 Å². The molecule has 112 valence electrons. The molecule has 21 heavy (non-hydrogen) atoms. The van der Waals surface area contributed by atoms with Crippen LogP contribution in [0.5, 0.6) is 5.75 Å². The van der Waals surface area contributed by atoms with E-state index in [9.17, 15) is 0 Å². The summed E-state index contributed by atoms with van der Waals surface area (Å²) in [5, 5.41) is 3.95. The van der Waals surface area contributed by atoms with Crippen molar-refractivity contribution < 1.29 is 4.74 Å². The first-order valence-corrected chi connectivity index (χ1v) is 8.00. The highest BCUT2D eigenvalue weighted by molar-refractivity contribution is 9.10. The number of nitrogens with one attached hydrogen (secondary N) is 1. The predicted octanol–water partition coefficient (Wildman–Crippen LogP) is 5.02. The summed E-state index contributed by atoms with van der Waals surface area (Å²) in [7, 11) is 1.94. The van der Waals surface area contributed by atoms with E-state index in [0.717, 1.165) is 38.5 Å². The Morgan fingerprint density at radius 2 is 1.81 bits per heavy atom. The van der Waals surface area contributed by atoms with E-state index in [0.29, 0.717) is 6.61 Å². The van der Waals surface area contributed by atoms with Gasteiger partial charge in [0.1, 0.15) is 12.4 Å². The molecule has 0 unspecified atom stereocenters. The second kappa shape index (κ2) is 7.30. The van der Waals surface area contributed by atoms with Gasteiger partial charge in [0.15, 0.2) is 0 Å². The fraction of sp³-hybridized carbons (Fsp3) is 0.294. The van der Waals surface area contributed by atoms with E-state index < -0.39 is 0 Å². The van der Waals surface area contributed by atoms with Gasteiger partial charge in [-0.2, -0.15) is 0 Å². The van der Waals surface area contributed by atoms with Crippen molar-refractivity contribution in [3.05, 3.63) is 62.1 Å². The molecule has 0 aliphatic rings. The Morgan fingerprint density at radius 3 is 2.38 bits per heavy atom. The predicted molar refractivity (Wildman–Crippen MR) is 92.2 cm³/mol. The van der Waals surface area contributed by atoms with Crippen molar-refractivity contribution in [2.24, 2.45) is 0 Å². The van der Waals surface area contributed by atoms with Crippen molar-refractivity contribution in [1.82, 2.24) is 5.32 Å². The zero-order chi connectivity index (χ0) is 15.4. The fourth-order valence-electron chi connectivity index (χ4n) is 2.17. The lowest BCUT2D eigenvalue weighted by Gasteiger charge is -2.12. The quantitative estimate of drug-likeness (QED) is 0.800. The first-order valence-electron chi connectivity index (χ1n) is 6.82. The van der Waals surface area contributed by atoms with Crippen LogP contribution in [0.1, 0.15) is 22.3 Å². The largest absolute Gasteiger partial charge is 0.489 e. The lowest BCUT2D eigenvalue weighted by atomic mass is 10.1. The van der Waals surface area contributed by atoms with Gasteiger partial charge in [0, 0.05) is 21.6 Å². The molecule has 2 rings (SSSR count). The van der Waals surface area contributed by atoms with Crippen molar-refractivity contribution in [3.8, 4) is 5.75 Å². The van der Waals surface area contributed by atoms with Crippen LogP contribution in [0.4, 0.5) is 0 Å². The van der Waals surface area contributed by atoms with E-state index in [1.54, 1.807) is 0 Å². The maximum Gasteiger partial charge on any atom is 0.120 e. The van der Waals surface area contributed by atoms with Crippen LogP contribution in [-0.4, -0.2) is 7.05 Å². The molecule has 0 amide bonds. The van der Waals surface area contributed by atoms with Gasteiger partial charge in [0.25, 0.3) is 0 Å². The molecular formula is C17H19BrClNO. The van der Waals surface area contributed by atoms with Crippen LogP contribution >= 0.6 is 27.5 Å². The Hall–Kier alpha value is -1.03. The summed E-state index contributed by atoms with van der Waals surface area (Å²) in [5.74, 6) is 0.848. The summed E-state index contributed by atoms with van der Waals surface area (Å²) in [5.41, 5.74) is 4.44.